The minimum atomic E-state index is -0.877. The molecule has 0 aromatic heterocycles. The zero-order chi connectivity index (χ0) is 15.6. The monoisotopic (exact) mass is 293 g/mol. The van der Waals surface area contributed by atoms with Gasteiger partial charge in [-0.2, -0.15) is 0 Å². The lowest BCUT2D eigenvalue weighted by atomic mass is 9.93. The molecule has 1 atom stereocenters. The first kappa shape index (κ1) is 14.5. The van der Waals surface area contributed by atoms with E-state index in [1.54, 1.807) is 11.0 Å². The van der Waals surface area contributed by atoms with Crippen LogP contribution >= 0.6 is 0 Å². The average Bonchev–Trinajstić information content (AvgIpc) is 2.80. The number of ether oxygens (including phenoxy) is 1. The van der Waals surface area contributed by atoms with Gasteiger partial charge in [0, 0.05) is 29.8 Å². The second-order valence-electron chi connectivity index (χ2n) is 5.19. The van der Waals surface area contributed by atoms with Crippen LogP contribution in [0.15, 0.2) is 67.3 Å². The van der Waals surface area contributed by atoms with Crippen LogP contribution in [-0.4, -0.2) is 24.0 Å². The SMILES string of the molecule is C=CCN1C(=O)c2ccccc2C1(OCC)c1ccccc1. The van der Waals surface area contributed by atoms with E-state index in [-0.39, 0.29) is 5.91 Å². The summed E-state index contributed by atoms with van der Waals surface area (Å²) in [5.74, 6) is -0.0206. The smallest absolute Gasteiger partial charge is 0.257 e. The van der Waals surface area contributed by atoms with E-state index in [2.05, 4.69) is 6.58 Å². The third-order valence-corrected chi connectivity index (χ3v) is 3.98. The number of hydrogen-bond acceptors (Lipinski definition) is 2. The Bertz CT molecular complexity index is 696. The van der Waals surface area contributed by atoms with Crippen molar-refractivity contribution in [2.45, 2.75) is 12.6 Å². The van der Waals surface area contributed by atoms with Crippen LogP contribution in [0.25, 0.3) is 0 Å². The standard InChI is InChI=1S/C19H19NO2/c1-3-14-20-18(21)16-12-8-9-13-17(16)19(20,22-4-2)15-10-6-5-7-11-15/h3,5-13H,1,4,14H2,2H3. The lowest BCUT2D eigenvalue weighted by Gasteiger charge is -2.38. The molecule has 3 heteroatoms. The molecule has 0 saturated heterocycles. The fourth-order valence-corrected chi connectivity index (χ4v) is 3.16. The molecule has 0 radical (unpaired) electrons. The van der Waals surface area contributed by atoms with Gasteiger partial charge in [-0.15, -0.1) is 6.58 Å². The summed E-state index contributed by atoms with van der Waals surface area (Å²) in [5, 5.41) is 0. The molecule has 1 heterocycles. The van der Waals surface area contributed by atoms with Crippen LogP contribution in [0.3, 0.4) is 0 Å². The van der Waals surface area contributed by atoms with Crippen molar-refractivity contribution in [3.8, 4) is 0 Å². The van der Waals surface area contributed by atoms with Crippen molar-refractivity contribution in [3.05, 3.63) is 83.9 Å². The van der Waals surface area contributed by atoms with Gasteiger partial charge in [0.1, 0.15) is 0 Å². The second kappa shape index (κ2) is 5.78. The van der Waals surface area contributed by atoms with Crippen LogP contribution in [0, 0.1) is 0 Å². The number of benzene rings is 2. The van der Waals surface area contributed by atoms with E-state index in [9.17, 15) is 4.79 Å². The molecule has 112 valence electrons. The van der Waals surface area contributed by atoms with Gasteiger partial charge in [0.2, 0.25) is 0 Å². The number of carbonyl (C=O) groups excluding carboxylic acids is 1. The molecule has 22 heavy (non-hydrogen) atoms. The summed E-state index contributed by atoms with van der Waals surface area (Å²) in [6.07, 6.45) is 1.74. The lowest BCUT2D eigenvalue weighted by Crippen LogP contribution is -2.47. The largest absolute Gasteiger partial charge is 0.347 e. The third-order valence-electron chi connectivity index (χ3n) is 3.98. The Kier molecular flexibility index (Phi) is 3.82. The highest BCUT2D eigenvalue weighted by atomic mass is 16.5. The third kappa shape index (κ3) is 1.97. The van der Waals surface area contributed by atoms with Crippen molar-refractivity contribution >= 4 is 5.91 Å². The highest BCUT2D eigenvalue weighted by molar-refractivity contribution is 6.00. The first-order valence-corrected chi connectivity index (χ1v) is 7.47. The highest BCUT2D eigenvalue weighted by Gasteiger charge is 2.51. The normalized spacial score (nSPS) is 20.0. The highest BCUT2D eigenvalue weighted by Crippen LogP contribution is 2.44. The van der Waals surface area contributed by atoms with Crippen molar-refractivity contribution in [2.24, 2.45) is 0 Å². The number of amides is 1. The van der Waals surface area contributed by atoms with Crippen molar-refractivity contribution in [1.82, 2.24) is 4.90 Å². The Morgan fingerprint density at radius 1 is 1.14 bits per heavy atom. The zero-order valence-corrected chi connectivity index (χ0v) is 12.7. The number of hydrogen-bond donors (Lipinski definition) is 0. The molecule has 1 unspecified atom stereocenters. The Morgan fingerprint density at radius 2 is 1.82 bits per heavy atom. The molecule has 2 aromatic carbocycles. The van der Waals surface area contributed by atoms with Crippen molar-refractivity contribution in [3.63, 3.8) is 0 Å². The Labute approximate surface area is 130 Å². The molecule has 1 aliphatic heterocycles. The first-order chi connectivity index (χ1) is 10.8. The minimum absolute atomic E-state index is 0.0206. The van der Waals surface area contributed by atoms with Gasteiger partial charge in [0.15, 0.2) is 5.72 Å². The summed E-state index contributed by atoms with van der Waals surface area (Å²) >= 11 is 0. The Hall–Kier alpha value is -2.39. The maximum atomic E-state index is 12.8. The van der Waals surface area contributed by atoms with E-state index in [0.717, 1.165) is 11.1 Å². The first-order valence-electron chi connectivity index (χ1n) is 7.47. The van der Waals surface area contributed by atoms with Gasteiger partial charge >= 0.3 is 0 Å². The van der Waals surface area contributed by atoms with Crippen LogP contribution in [0.1, 0.15) is 28.4 Å². The van der Waals surface area contributed by atoms with Gasteiger partial charge in [0.25, 0.3) is 5.91 Å². The molecule has 2 aromatic rings. The predicted octanol–water partition coefficient (Wildman–Crippen LogP) is 3.57. The molecule has 0 bridgehead atoms. The Morgan fingerprint density at radius 3 is 2.50 bits per heavy atom. The maximum Gasteiger partial charge on any atom is 0.257 e. The van der Waals surface area contributed by atoms with Gasteiger partial charge < -0.3 is 4.74 Å². The molecule has 0 fully saturated rings. The van der Waals surface area contributed by atoms with Gasteiger partial charge in [-0.05, 0) is 13.0 Å². The molecule has 1 aliphatic rings. The van der Waals surface area contributed by atoms with E-state index in [4.69, 9.17) is 4.74 Å². The molecule has 3 rings (SSSR count). The van der Waals surface area contributed by atoms with Crippen molar-refractivity contribution in [1.29, 1.82) is 0 Å². The van der Waals surface area contributed by atoms with Crippen LogP contribution in [0.4, 0.5) is 0 Å². The number of rotatable bonds is 5. The topological polar surface area (TPSA) is 29.5 Å². The molecule has 3 nitrogen and oxygen atoms in total. The summed E-state index contributed by atoms with van der Waals surface area (Å²) in [6.45, 7) is 6.68. The summed E-state index contributed by atoms with van der Waals surface area (Å²) in [4.78, 5) is 14.6. The molecule has 0 saturated carbocycles. The zero-order valence-electron chi connectivity index (χ0n) is 12.7. The second-order valence-corrected chi connectivity index (χ2v) is 5.19. The average molecular weight is 293 g/mol. The predicted molar refractivity (Wildman–Crippen MR) is 86.5 cm³/mol. The quantitative estimate of drug-likeness (QED) is 0.789. The number of fused-ring (bicyclic) bond motifs is 1. The fourth-order valence-electron chi connectivity index (χ4n) is 3.16. The van der Waals surface area contributed by atoms with Crippen molar-refractivity contribution in [2.75, 3.05) is 13.2 Å². The maximum absolute atomic E-state index is 12.8. The molecule has 0 N–H and O–H groups in total. The van der Waals surface area contributed by atoms with Gasteiger partial charge in [0.05, 0.1) is 0 Å². The fraction of sp³-hybridized carbons (Fsp3) is 0.211. The number of carbonyl (C=O) groups is 1. The van der Waals surface area contributed by atoms with Crippen LogP contribution < -0.4 is 0 Å². The van der Waals surface area contributed by atoms with E-state index < -0.39 is 5.72 Å². The number of nitrogens with zero attached hydrogens (tertiary/aromatic N) is 1. The summed E-state index contributed by atoms with van der Waals surface area (Å²) in [7, 11) is 0. The summed E-state index contributed by atoms with van der Waals surface area (Å²) in [5.41, 5.74) is 1.67. The lowest BCUT2D eigenvalue weighted by molar-refractivity contribution is -0.0991. The van der Waals surface area contributed by atoms with Crippen LogP contribution in [0.2, 0.25) is 0 Å². The van der Waals surface area contributed by atoms with E-state index in [1.807, 2.05) is 61.5 Å². The minimum Gasteiger partial charge on any atom is -0.347 e. The van der Waals surface area contributed by atoms with Crippen molar-refractivity contribution < 1.29 is 9.53 Å². The van der Waals surface area contributed by atoms with Crippen LogP contribution in [-0.2, 0) is 10.5 Å². The van der Waals surface area contributed by atoms with Gasteiger partial charge in [-0.3, -0.25) is 9.69 Å². The summed E-state index contributed by atoms with van der Waals surface area (Å²) in [6, 6.07) is 17.6. The Balaban J connectivity index is 2.29. The molecule has 1 amide bonds. The van der Waals surface area contributed by atoms with Crippen LogP contribution in [0.5, 0.6) is 0 Å². The van der Waals surface area contributed by atoms with E-state index in [1.165, 1.54) is 0 Å². The summed E-state index contributed by atoms with van der Waals surface area (Å²) < 4.78 is 6.20. The molecular formula is C19H19NO2. The molecule has 0 spiro atoms. The van der Waals surface area contributed by atoms with Gasteiger partial charge in [-0.1, -0.05) is 54.6 Å². The molecule has 0 aliphatic carbocycles. The van der Waals surface area contributed by atoms with Gasteiger partial charge in [-0.25, -0.2) is 0 Å². The van der Waals surface area contributed by atoms with E-state index in [0.29, 0.717) is 18.7 Å². The van der Waals surface area contributed by atoms with E-state index >= 15 is 0 Å². The molecular weight excluding hydrogens is 274 g/mol.